The van der Waals surface area contributed by atoms with Gasteiger partial charge in [-0.25, -0.2) is 0 Å². The number of halogens is 2. The van der Waals surface area contributed by atoms with Crippen molar-refractivity contribution >= 4 is 31.9 Å². The van der Waals surface area contributed by atoms with Gasteiger partial charge < -0.3 is 0 Å². The highest BCUT2D eigenvalue weighted by Crippen LogP contribution is 2.68. The van der Waals surface area contributed by atoms with Gasteiger partial charge in [-0.3, -0.25) is 0 Å². The second-order valence-electron chi connectivity index (χ2n) is 12.7. The lowest BCUT2D eigenvalue weighted by molar-refractivity contribution is -0.112. The Hall–Kier alpha value is 0.960. The summed E-state index contributed by atoms with van der Waals surface area (Å²) in [6.07, 6.45) is 16.3. The second kappa shape index (κ2) is 8.72. The summed E-state index contributed by atoms with van der Waals surface area (Å²) < 4.78 is 0. The van der Waals surface area contributed by atoms with E-state index in [1.54, 1.807) is 0 Å². The molecule has 2 heteroatoms. The molecule has 29 heavy (non-hydrogen) atoms. The fraction of sp³-hybridized carbons (Fsp3) is 1.00. The molecule has 0 aromatic carbocycles. The molecule has 0 spiro atoms. The third kappa shape index (κ3) is 4.06. The van der Waals surface area contributed by atoms with Crippen LogP contribution >= 0.6 is 31.9 Å². The highest BCUT2D eigenvalue weighted by Gasteiger charge is 2.61. The molecule has 4 rings (SSSR count). The quantitative estimate of drug-likeness (QED) is 0.311. The second-order valence-corrected chi connectivity index (χ2v) is 15.0. The Morgan fingerprint density at radius 2 is 1.55 bits per heavy atom. The van der Waals surface area contributed by atoms with Crippen LogP contribution in [0.2, 0.25) is 0 Å². The zero-order chi connectivity index (χ0) is 21.0. The lowest BCUT2D eigenvalue weighted by Gasteiger charge is -2.62. The van der Waals surface area contributed by atoms with Crippen molar-refractivity contribution in [1.82, 2.24) is 0 Å². The Labute approximate surface area is 198 Å². The third-order valence-electron chi connectivity index (χ3n) is 10.8. The van der Waals surface area contributed by atoms with Crippen LogP contribution in [0, 0.1) is 52.3 Å². The van der Waals surface area contributed by atoms with Gasteiger partial charge in [0.25, 0.3) is 0 Å². The van der Waals surface area contributed by atoms with Crippen LogP contribution in [0.25, 0.3) is 0 Å². The van der Waals surface area contributed by atoms with E-state index in [9.17, 15) is 0 Å². The predicted molar refractivity (Wildman–Crippen MR) is 134 cm³/mol. The largest absolute Gasteiger partial charge is 0.0878 e. The standard InChI is InChI=1S/C27H46Br2/c1-17(2)7-6-8-18(3)21-11-12-22-20-10-9-19-15-24(28)25(29)16-27(19,5)23(20)13-14-26(21,22)4/h17-25H,6-16H2,1-5H3/t18-,19+,20+,21+,22-,23-,24+,25-,26+,27+/m1/s1. The van der Waals surface area contributed by atoms with E-state index in [4.69, 9.17) is 0 Å². The highest BCUT2D eigenvalue weighted by molar-refractivity contribution is 9.12. The van der Waals surface area contributed by atoms with Crippen LogP contribution in [0.5, 0.6) is 0 Å². The number of hydrogen-bond acceptors (Lipinski definition) is 0. The van der Waals surface area contributed by atoms with Crippen LogP contribution in [0.3, 0.4) is 0 Å². The maximum Gasteiger partial charge on any atom is 0.0276 e. The summed E-state index contributed by atoms with van der Waals surface area (Å²) in [7, 11) is 0. The molecule has 0 heterocycles. The summed E-state index contributed by atoms with van der Waals surface area (Å²) in [6, 6.07) is 0. The minimum atomic E-state index is 0.587. The van der Waals surface area contributed by atoms with Crippen molar-refractivity contribution in [2.75, 3.05) is 0 Å². The summed E-state index contributed by atoms with van der Waals surface area (Å²) in [5.74, 6) is 6.79. The molecule has 4 aliphatic rings. The highest BCUT2D eigenvalue weighted by atomic mass is 79.9. The van der Waals surface area contributed by atoms with Crippen molar-refractivity contribution in [3.63, 3.8) is 0 Å². The molecule has 0 radical (unpaired) electrons. The molecule has 0 saturated heterocycles. The van der Waals surface area contributed by atoms with Crippen molar-refractivity contribution in [2.45, 2.75) is 115 Å². The lowest BCUT2D eigenvalue weighted by atomic mass is 9.44. The third-order valence-corrected chi connectivity index (χ3v) is 13.5. The zero-order valence-electron chi connectivity index (χ0n) is 19.7. The summed E-state index contributed by atoms with van der Waals surface area (Å²) in [4.78, 5) is 1.36. The smallest absolute Gasteiger partial charge is 0.0276 e. The Kier molecular flexibility index (Phi) is 6.95. The van der Waals surface area contributed by atoms with E-state index in [-0.39, 0.29) is 0 Å². The number of hydrogen-bond donors (Lipinski definition) is 0. The van der Waals surface area contributed by atoms with Crippen LogP contribution < -0.4 is 0 Å². The van der Waals surface area contributed by atoms with E-state index in [1.165, 1.54) is 70.6 Å². The van der Waals surface area contributed by atoms with Gasteiger partial charge in [0.15, 0.2) is 0 Å². The van der Waals surface area contributed by atoms with E-state index in [1.807, 2.05) is 0 Å². The van der Waals surface area contributed by atoms with Gasteiger partial charge in [0.1, 0.15) is 0 Å². The average molecular weight is 530 g/mol. The minimum Gasteiger partial charge on any atom is -0.0878 e. The first kappa shape index (κ1) is 23.1. The molecule has 168 valence electrons. The van der Waals surface area contributed by atoms with Gasteiger partial charge >= 0.3 is 0 Å². The van der Waals surface area contributed by atoms with Gasteiger partial charge in [-0.15, -0.1) is 0 Å². The molecular weight excluding hydrogens is 484 g/mol. The Balaban J connectivity index is 1.47. The van der Waals surface area contributed by atoms with Crippen LogP contribution in [-0.2, 0) is 0 Å². The molecule has 4 fully saturated rings. The van der Waals surface area contributed by atoms with E-state index in [0.717, 1.165) is 41.4 Å². The predicted octanol–water partition coefficient (Wildman–Crippen LogP) is 9.24. The summed E-state index contributed by atoms with van der Waals surface area (Å²) in [5, 5.41) is 0. The van der Waals surface area contributed by atoms with Gasteiger partial charge in [0.05, 0.1) is 0 Å². The molecule has 0 aliphatic heterocycles. The molecule has 0 unspecified atom stereocenters. The fourth-order valence-electron chi connectivity index (χ4n) is 9.23. The van der Waals surface area contributed by atoms with Crippen molar-refractivity contribution in [1.29, 1.82) is 0 Å². The van der Waals surface area contributed by atoms with Gasteiger partial charge in [-0.2, -0.15) is 0 Å². The summed E-state index contributed by atoms with van der Waals surface area (Å²) in [5.41, 5.74) is 1.23. The molecule has 4 saturated carbocycles. The van der Waals surface area contributed by atoms with E-state index < -0.39 is 0 Å². The Bertz CT molecular complexity index is 573. The number of alkyl halides is 2. The van der Waals surface area contributed by atoms with Gasteiger partial charge in [-0.1, -0.05) is 85.7 Å². The lowest BCUT2D eigenvalue weighted by Crippen LogP contribution is -2.55. The molecule has 0 nitrogen and oxygen atoms in total. The topological polar surface area (TPSA) is 0 Å². The first-order valence-corrected chi connectivity index (χ1v) is 14.8. The van der Waals surface area contributed by atoms with E-state index >= 15 is 0 Å². The minimum absolute atomic E-state index is 0.587. The number of fused-ring (bicyclic) bond motifs is 5. The van der Waals surface area contributed by atoms with Crippen molar-refractivity contribution < 1.29 is 0 Å². The Morgan fingerprint density at radius 1 is 0.828 bits per heavy atom. The number of rotatable bonds is 5. The van der Waals surface area contributed by atoms with Gasteiger partial charge in [0, 0.05) is 9.65 Å². The van der Waals surface area contributed by atoms with Crippen LogP contribution in [0.1, 0.15) is 105 Å². The van der Waals surface area contributed by atoms with Gasteiger partial charge in [0.2, 0.25) is 0 Å². The molecule has 0 aromatic rings. The van der Waals surface area contributed by atoms with Crippen LogP contribution in [0.4, 0.5) is 0 Å². The van der Waals surface area contributed by atoms with Crippen molar-refractivity contribution in [3.8, 4) is 0 Å². The SMILES string of the molecule is CC(C)CCC[C@@H](C)[C@@H]1CC[C@@H]2[C@@H]3CC[C@H]4C[C@H](Br)[C@H](Br)C[C@]4(C)[C@@H]3CC[C@]21C. The van der Waals surface area contributed by atoms with Gasteiger partial charge in [-0.05, 0) is 104 Å². The molecular formula is C27H46Br2. The molecule has 0 amide bonds. The molecule has 0 N–H and O–H groups in total. The molecule has 4 aliphatic carbocycles. The Morgan fingerprint density at radius 3 is 2.28 bits per heavy atom. The fourth-order valence-corrected chi connectivity index (χ4v) is 10.8. The maximum absolute atomic E-state index is 4.05. The van der Waals surface area contributed by atoms with E-state index in [0.29, 0.717) is 20.5 Å². The first-order valence-electron chi connectivity index (χ1n) is 12.9. The molecule has 0 bridgehead atoms. The monoisotopic (exact) mass is 528 g/mol. The summed E-state index contributed by atoms with van der Waals surface area (Å²) >= 11 is 8.04. The average Bonchev–Trinajstić information content (AvgIpc) is 3.00. The van der Waals surface area contributed by atoms with Crippen LogP contribution in [-0.4, -0.2) is 9.65 Å². The molecule has 0 aromatic heterocycles. The first-order chi connectivity index (χ1) is 13.7. The molecule has 10 atom stereocenters. The maximum atomic E-state index is 4.05. The van der Waals surface area contributed by atoms with Crippen molar-refractivity contribution in [2.24, 2.45) is 52.3 Å². The van der Waals surface area contributed by atoms with Crippen molar-refractivity contribution in [3.05, 3.63) is 0 Å². The van der Waals surface area contributed by atoms with E-state index in [2.05, 4.69) is 66.5 Å². The normalized spacial score (nSPS) is 50.7. The summed E-state index contributed by atoms with van der Waals surface area (Å²) in [6.45, 7) is 12.8. The zero-order valence-corrected chi connectivity index (χ0v) is 22.9. The van der Waals surface area contributed by atoms with Crippen LogP contribution in [0.15, 0.2) is 0 Å².